The summed E-state index contributed by atoms with van der Waals surface area (Å²) >= 11 is 0. The van der Waals surface area contributed by atoms with E-state index in [1.54, 1.807) is 0 Å². The smallest absolute Gasteiger partial charge is 0.446 e. The van der Waals surface area contributed by atoms with Gasteiger partial charge >= 0.3 is 6.09 Å². The van der Waals surface area contributed by atoms with Crippen molar-refractivity contribution in [3.8, 4) is 0 Å². The second-order valence-corrected chi connectivity index (χ2v) is 2.37. The van der Waals surface area contributed by atoms with Gasteiger partial charge in [-0.2, -0.15) is 0 Å². The van der Waals surface area contributed by atoms with E-state index in [0.29, 0.717) is 0 Å². The number of rotatable bonds is 3. The van der Waals surface area contributed by atoms with Crippen LogP contribution in [-0.2, 0) is 11.4 Å². The Hall–Kier alpha value is -1.59. The molecular weight excluding hydrogens is 172 g/mol. The van der Waals surface area contributed by atoms with E-state index in [0.717, 1.165) is 5.56 Å². The molecule has 70 valence electrons. The predicted octanol–water partition coefficient (Wildman–Crippen LogP) is 0.972. The average Bonchev–Trinajstić information content (AvgIpc) is 2.15. The Kier molecular flexibility index (Phi) is 3.24. The molecule has 0 radical (unpaired) electrons. The largest absolute Gasteiger partial charge is 0.462 e. The van der Waals surface area contributed by atoms with Crippen LogP contribution in [0.3, 0.4) is 0 Å². The van der Waals surface area contributed by atoms with Crippen LogP contribution in [0.2, 0.25) is 0 Å². The van der Waals surface area contributed by atoms with Gasteiger partial charge in [0.2, 0.25) is 0 Å². The molecule has 0 saturated carbocycles. The van der Waals surface area contributed by atoms with Gasteiger partial charge in [0.05, 0.1) is 0 Å². The van der Waals surface area contributed by atoms with Crippen LogP contribution in [0.1, 0.15) is 5.56 Å². The van der Waals surface area contributed by atoms with Crippen LogP contribution in [0.15, 0.2) is 30.3 Å². The van der Waals surface area contributed by atoms with Crippen molar-refractivity contribution in [1.82, 2.24) is 5.17 Å². The van der Waals surface area contributed by atoms with Gasteiger partial charge in [0.1, 0.15) is 6.61 Å². The number of benzene rings is 1. The summed E-state index contributed by atoms with van der Waals surface area (Å²) in [5.74, 6) is 4.98. The van der Waals surface area contributed by atoms with E-state index in [2.05, 4.69) is 0 Å². The molecule has 5 heteroatoms. The van der Waals surface area contributed by atoms with Gasteiger partial charge in [0.15, 0.2) is 0 Å². The molecule has 1 aromatic carbocycles. The highest BCUT2D eigenvalue weighted by molar-refractivity contribution is 5.62. The predicted molar refractivity (Wildman–Crippen MR) is 45.3 cm³/mol. The molecule has 0 bridgehead atoms. The summed E-state index contributed by atoms with van der Waals surface area (Å²) in [5.41, 5.74) is 0.860. The quantitative estimate of drug-likeness (QED) is 0.415. The Bertz CT molecular complexity index is 276. The second kappa shape index (κ2) is 4.44. The molecule has 3 N–H and O–H groups in total. The van der Waals surface area contributed by atoms with Gasteiger partial charge in [-0.1, -0.05) is 30.3 Å². The third kappa shape index (κ3) is 3.10. The van der Waals surface area contributed by atoms with Crippen LogP contribution in [0.25, 0.3) is 0 Å². The molecule has 0 aliphatic rings. The molecule has 0 aliphatic carbocycles. The molecule has 1 rings (SSSR count). The second-order valence-electron chi connectivity index (χ2n) is 2.37. The number of carboxylic acid groups (broad SMARTS) is 1. The molecule has 0 aliphatic heterocycles. The normalized spacial score (nSPS) is 9.62. The summed E-state index contributed by atoms with van der Waals surface area (Å²) in [6.45, 7) is 0.142. The summed E-state index contributed by atoms with van der Waals surface area (Å²) in [6, 6.07) is 9.16. The van der Waals surface area contributed by atoms with Crippen molar-refractivity contribution >= 4 is 6.09 Å². The van der Waals surface area contributed by atoms with Crippen molar-refractivity contribution in [1.29, 1.82) is 0 Å². The van der Waals surface area contributed by atoms with Crippen LogP contribution in [0, 0.1) is 0 Å². The third-order valence-corrected chi connectivity index (χ3v) is 1.40. The van der Waals surface area contributed by atoms with Crippen molar-refractivity contribution in [2.75, 3.05) is 0 Å². The maximum Gasteiger partial charge on any atom is 0.446 e. The molecule has 5 nitrogen and oxygen atoms in total. The fraction of sp³-hybridized carbons (Fsp3) is 0.125. The zero-order chi connectivity index (χ0) is 9.68. The topological polar surface area (TPSA) is 75.8 Å². The Labute approximate surface area is 75.3 Å². The SMILES string of the molecule is NN(OCc1ccccc1)C(=O)O. The fourth-order valence-electron chi connectivity index (χ4n) is 0.774. The Morgan fingerprint density at radius 3 is 2.62 bits per heavy atom. The highest BCUT2D eigenvalue weighted by atomic mass is 16.7. The van der Waals surface area contributed by atoms with E-state index >= 15 is 0 Å². The number of nitrogens with zero attached hydrogens (tertiary/aromatic N) is 1. The first-order valence-electron chi connectivity index (χ1n) is 3.65. The number of carbonyl (C=O) groups is 1. The van der Waals surface area contributed by atoms with Crippen LogP contribution in [-0.4, -0.2) is 16.4 Å². The van der Waals surface area contributed by atoms with Gasteiger partial charge in [-0.3, -0.25) is 0 Å². The van der Waals surface area contributed by atoms with Gasteiger partial charge in [0, 0.05) is 0 Å². The molecule has 0 atom stereocenters. The van der Waals surface area contributed by atoms with Crippen molar-refractivity contribution in [2.24, 2.45) is 5.84 Å². The Balaban J connectivity index is 2.39. The molecule has 0 spiro atoms. The minimum Gasteiger partial charge on any atom is -0.462 e. The van der Waals surface area contributed by atoms with Gasteiger partial charge in [-0.15, -0.1) is 5.17 Å². The average molecular weight is 182 g/mol. The van der Waals surface area contributed by atoms with Crippen LogP contribution in [0.5, 0.6) is 0 Å². The zero-order valence-electron chi connectivity index (χ0n) is 6.88. The van der Waals surface area contributed by atoms with E-state index in [4.69, 9.17) is 15.8 Å². The molecule has 0 fully saturated rings. The maximum atomic E-state index is 10.2. The maximum absolute atomic E-state index is 10.2. The summed E-state index contributed by atoms with van der Waals surface area (Å²) < 4.78 is 0. The molecule has 0 aromatic heterocycles. The number of hydrazine groups is 1. The Morgan fingerprint density at radius 1 is 1.46 bits per heavy atom. The monoisotopic (exact) mass is 182 g/mol. The minimum atomic E-state index is -1.32. The first-order chi connectivity index (χ1) is 6.20. The van der Waals surface area contributed by atoms with Crippen LogP contribution < -0.4 is 5.84 Å². The molecule has 13 heavy (non-hydrogen) atoms. The zero-order valence-corrected chi connectivity index (χ0v) is 6.88. The number of nitrogens with two attached hydrogens (primary N) is 1. The molecule has 1 aromatic rings. The standard InChI is InChI=1S/C8H10N2O3/c9-10(8(11)12)13-6-7-4-2-1-3-5-7/h1-5H,6,9H2,(H,11,12). The summed E-state index contributed by atoms with van der Waals surface area (Å²) in [5, 5.41) is 8.62. The first-order valence-corrected chi connectivity index (χ1v) is 3.65. The lowest BCUT2D eigenvalue weighted by atomic mass is 10.2. The minimum absolute atomic E-state index is 0.142. The fourth-order valence-corrected chi connectivity index (χ4v) is 0.774. The van der Waals surface area contributed by atoms with Crippen molar-refractivity contribution in [3.63, 3.8) is 0 Å². The Morgan fingerprint density at radius 2 is 2.08 bits per heavy atom. The molecule has 0 heterocycles. The van der Waals surface area contributed by atoms with Crippen molar-refractivity contribution in [2.45, 2.75) is 6.61 Å². The van der Waals surface area contributed by atoms with Gasteiger partial charge in [0.25, 0.3) is 0 Å². The van der Waals surface area contributed by atoms with Crippen LogP contribution in [0.4, 0.5) is 4.79 Å². The number of hydrogen-bond donors (Lipinski definition) is 2. The van der Waals surface area contributed by atoms with Crippen molar-refractivity contribution < 1.29 is 14.7 Å². The molecule has 0 unspecified atom stereocenters. The summed E-state index contributed by atoms with van der Waals surface area (Å²) in [4.78, 5) is 14.9. The van der Waals surface area contributed by atoms with E-state index in [1.807, 2.05) is 30.3 Å². The first kappa shape index (κ1) is 9.50. The molecule has 0 saturated heterocycles. The van der Waals surface area contributed by atoms with E-state index < -0.39 is 6.09 Å². The van der Waals surface area contributed by atoms with Gasteiger partial charge in [-0.25, -0.2) is 15.5 Å². The van der Waals surface area contributed by atoms with Gasteiger partial charge in [-0.05, 0) is 5.56 Å². The van der Waals surface area contributed by atoms with Gasteiger partial charge < -0.3 is 5.11 Å². The van der Waals surface area contributed by atoms with E-state index in [1.165, 1.54) is 0 Å². The summed E-state index contributed by atoms with van der Waals surface area (Å²) in [7, 11) is 0. The highest BCUT2D eigenvalue weighted by Gasteiger charge is 2.05. The molecule has 1 amide bonds. The number of amides is 1. The third-order valence-electron chi connectivity index (χ3n) is 1.40. The van der Waals surface area contributed by atoms with Crippen LogP contribution >= 0.6 is 0 Å². The lowest BCUT2D eigenvalue weighted by molar-refractivity contribution is -0.143. The van der Waals surface area contributed by atoms with E-state index in [-0.39, 0.29) is 11.8 Å². The molecular formula is C8H10N2O3. The highest BCUT2D eigenvalue weighted by Crippen LogP contribution is 2.00. The lowest BCUT2D eigenvalue weighted by Gasteiger charge is -2.11. The summed E-state index contributed by atoms with van der Waals surface area (Å²) in [6.07, 6.45) is -1.32. The van der Waals surface area contributed by atoms with E-state index in [9.17, 15) is 4.79 Å². The lowest BCUT2D eigenvalue weighted by Crippen LogP contribution is -2.35. The van der Waals surface area contributed by atoms with Crippen molar-refractivity contribution in [3.05, 3.63) is 35.9 Å². The number of hydrogen-bond acceptors (Lipinski definition) is 3. The number of hydroxylamine groups is 1.